The lowest BCUT2D eigenvalue weighted by atomic mass is 10.0. The van der Waals surface area contributed by atoms with E-state index in [9.17, 15) is 4.79 Å². The van der Waals surface area contributed by atoms with E-state index < -0.39 is 0 Å². The van der Waals surface area contributed by atoms with E-state index >= 15 is 0 Å². The molecule has 3 aromatic carbocycles. The van der Waals surface area contributed by atoms with Crippen molar-refractivity contribution in [2.45, 2.75) is 32.9 Å². The fraction of sp³-hybridized carbons (Fsp3) is 0.259. The van der Waals surface area contributed by atoms with Gasteiger partial charge in [0, 0.05) is 0 Å². The summed E-state index contributed by atoms with van der Waals surface area (Å²) in [6.07, 6.45) is -0.211. The SMILES string of the molecule is Cc1cccc2nc([C@@H](NCOC(c3ccccc3)c3ccccc3)C(C)C)oc(=O)c12. The molecule has 0 bridgehead atoms. The number of hydrogen-bond acceptors (Lipinski definition) is 5. The zero-order valence-electron chi connectivity index (χ0n) is 18.6. The summed E-state index contributed by atoms with van der Waals surface area (Å²) < 4.78 is 11.9. The Bertz CT molecular complexity index is 1180. The molecule has 4 rings (SSSR count). The quantitative estimate of drug-likeness (QED) is 0.373. The highest BCUT2D eigenvalue weighted by molar-refractivity contribution is 5.80. The third kappa shape index (κ3) is 4.79. The topological polar surface area (TPSA) is 64.4 Å². The summed E-state index contributed by atoms with van der Waals surface area (Å²) in [5.74, 6) is 0.520. The van der Waals surface area contributed by atoms with Gasteiger partial charge in [-0.1, -0.05) is 86.6 Å². The van der Waals surface area contributed by atoms with Crippen LogP contribution in [0.5, 0.6) is 0 Å². The molecule has 0 saturated carbocycles. The van der Waals surface area contributed by atoms with E-state index in [1.165, 1.54) is 0 Å². The minimum absolute atomic E-state index is 0.142. The van der Waals surface area contributed by atoms with E-state index in [1.807, 2.05) is 61.5 Å². The van der Waals surface area contributed by atoms with Crippen LogP contribution in [-0.4, -0.2) is 11.7 Å². The maximum Gasteiger partial charge on any atom is 0.347 e. The molecule has 0 fully saturated rings. The number of rotatable bonds is 8. The molecule has 1 atom stereocenters. The molecule has 1 heterocycles. The van der Waals surface area contributed by atoms with Crippen LogP contribution in [0.15, 0.2) is 88.1 Å². The van der Waals surface area contributed by atoms with Gasteiger partial charge in [-0.05, 0) is 35.6 Å². The largest absolute Gasteiger partial charge is 0.406 e. The molecule has 0 saturated heterocycles. The molecular formula is C27H28N2O3. The van der Waals surface area contributed by atoms with Gasteiger partial charge in [0.15, 0.2) is 0 Å². The van der Waals surface area contributed by atoms with E-state index in [-0.39, 0.29) is 30.4 Å². The fourth-order valence-corrected chi connectivity index (χ4v) is 3.90. The molecule has 1 aromatic heterocycles. The number of aryl methyl sites for hydroxylation is 1. The second kappa shape index (κ2) is 9.90. The van der Waals surface area contributed by atoms with Crippen LogP contribution in [0.25, 0.3) is 10.9 Å². The van der Waals surface area contributed by atoms with Crippen LogP contribution < -0.4 is 10.9 Å². The first-order valence-electron chi connectivity index (χ1n) is 10.9. The summed E-state index contributed by atoms with van der Waals surface area (Å²) in [6, 6.07) is 25.6. The molecule has 164 valence electrons. The molecule has 0 aliphatic carbocycles. The summed E-state index contributed by atoms with van der Waals surface area (Å²) in [5.41, 5.74) is 3.31. The van der Waals surface area contributed by atoms with Crippen molar-refractivity contribution < 1.29 is 9.15 Å². The Hall–Kier alpha value is -3.28. The van der Waals surface area contributed by atoms with Gasteiger partial charge in [0.05, 0.1) is 23.7 Å². The number of ether oxygens (including phenoxy) is 1. The van der Waals surface area contributed by atoms with Gasteiger partial charge in [0.2, 0.25) is 5.89 Å². The van der Waals surface area contributed by atoms with Crippen molar-refractivity contribution in [2.75, 3.05) is 6.73 Å². The Morgan fingerprint density at radius 3 is 2.12 bits per heavy atom. The number of nitrogens with one attached hydrogen (secondary N) is 1. The lowest BCUT2D eigenvalue weighted by Gasteiger charge is -2.24. The number of nitrogens with zero attached hydrogens (tertiary/aromatic N) is 1. The zero-order valence-corrected chi connectivity index (χ0v) is 18.6. The van der Waals surface area contributed by atoms with Gasteiger partial charge in [0.25, 0.3) is 0 Å². The molecule has 0 spiro atoms. The Labute approximate surface area is 188 Å². The second-order valence-corrected chi connectivity index (χ2v) is 8.25. The van der Waals surface area contributed by atoms with Crippen molar-refractivity contribution in [3.8, 4) is 0 Å². The lowest BCUT2D eigenvalue weighted by molar-refractivity contribution is 0.0519. The van der Waals surface area contributed by atoms with Gasteiger partial charge in [0.1, 0.15) is 6.10 Å². The van der Waals surface area contributed by atoms with Crippen molar-refractivity contribution in [3.63, 3.8) is 0 Å². The van der Waals surface area contributed by atoms with Crippen LogP contribution in [0.4, 0.5) is 0 Å². The van der Waals surface area contributed by atoms with E-state index in [0.29, 0.717) is 16.8 Å². The highest BCUT2D eigenvalue weighted by atomic mass is 16.5. The lowest BCUT2D eigenvalue weighted by Crippen LogP contribution is -2.30. The fourth-order valence-electron chi connectivity index (χ4n) is 3.90. The molecule has 0 aliphatic heterocycles. The van der Waals surface area contributed by atoms with Gasteiger partial charge in [-0.3, -0.25) is 5.32 Å². The normalized spacial score (nSPS) is 12.5. The van der Waals surface area contributed by atoms with Crippen LogP contribution in [0.3, 0.4) is 0 Å². The first kappa shape index (κ1) is 21.9. The van der Waals surface area contributed by atoms with E-state index in [1.54, 1.807) is 0 Å². The predicted octanol–water partition coefficient (Wildman–Crippen LogP) is 5.55. The maximum absolute atomic E-state index is 12.6. The van der Waals surface area contributed by atoms with Crippen molar-refractivity contribution in [1.29, 1.82) is 0 Å². The Morgan fingerprint density at radius 2 is 1.53 bits per heavy atom. The maximum atomic E-state index is 12.6. The molecular weight excluding hydrogens is 400 g/mol. The van der Waals surface area contributed by atoms with Gasteiger partial charge < -0.3 is 9.15 Å². The monoisotopic (exact) mass is 428 g/mol. The first-order chi connectivity index (χ1) is 15.5. The van der Waals surface area contributed by atoms with Crippen LogP contribution in [0, 0.1) is 12.8 Å². The molecule has 0 radical (unpaired) electrons. The number of aromatic nitrogens is 1. The van der Waals surface area contributed by atoms with Crippen molar-refractivity contribution in [2.24, 2.45) is 5.92 Å². The van der Waals surface area contributed by atoms with E-state index in [2.05, 4.69) is 48.4 Å². The zero-order chi connectivity index (χ0) is 22.5. The van der Waals surface area contributed by atoms with E-state index in [4.69, 9.17) is 9.15 Å². The van der Waals surface area contributed by atoms with Crippen LogP contribution in [0.2, 0.25) is 0 Å². The van der Waals surface area contributed by atoms with Crippen molar-refractivity contribution in [3.05, 3.63) is 112 Å². The average molecular weight is 429 g/mol. The summed E-state index contributed by atoms with van der Waals surface area (Å²) in [4.78, 5) is 17.3. The molecule has 4 aromatic rings. The van der Waals surface area contributed by atoms with Crippen LogP contribution in [-0.2, 0) is 4.74 Å². The number of hydrogen-bond donors (Lipinski definition) is 1. The summed E-state index contributed by atoms with van der Waals surface area (Å²) >= 11 is 0. The molecule has 32 heavy (non-hydrogen) atoms. The van der Waals surface area contributed by atoms with Crippen molar-refractivity contribution >= 4 is 10.9 Å². The molecule has 0 amide bonds. The summed E-state index contributed by atoms with van der Waals surface area (Å²) in [6.45, 7) is 6.28. The van der Waals surface area contributed by atoms with Crippen LogP contribution in [0.1, 0.15) is 48.6 Å². The third-order valence-electron chi connectivity index (χ3n) is 5.57. The molecule has 5 nitrogen and oxygen atoms in total. The molecule has 0 aliphatic rings. The first-order valence-corrected chi connectivity index (χ1v) is 10.9. The predicted molar refractivity (Wildman–Crippen MR) is 126 cm³/mol. The van der Waals surface area contributed by atoms with Gasteiger partial charge in [-0.25, -0.2) is 9.78 Å². The molecule has 5 heteroatoms. The Morgan fingerprint density at radius 1 is 0.906 bits per heavy atom. The summed E-state index contributed by atoms with van der Waals surface area (Å²) in [5, 5.41) is 3.93. The Balaban J connectivity index is 1.56. The van der Waals surface area contributed by atoms with Crippen LogP contribution >= 0.6 is 0 Å². The second-order valence-electron chi connectivity index (χ2n) is 8.25. The van der Waals surface area contributed by atoms with Gasteiger partial charge in [-0.2, -0.15) is 0 Å². The average Bonchev–Trinajstić information content (AvgIpc) is 2.80. The number of fused-ring (bicyclic) bond motifs is 1. The smallest absolute Gasteiger partial charge is 0.347 e. The standard InChI is InChI=1S/C27H28N2O3/c1-18(2)24(26-29-22-16-10-11-19(3)23(22)27(30)32-26)28-17-31-25(20-12-6-4-7-13-20)21-14-8-5-9-15-21/h4-16,18,24-25,28H,17H2,1-3H3/t24-/m0/s1. The van der Waals surface area contributed by atoms with Gasteiger partial charge in [-0.15, -0.1) is 0 Å². The highest BCUT2D eigenvalue weighted by Crippen LogP contribution is 2.27. The Kier molecular flexibility index (Phi) is 6.78. The minimum Gasteiger partial charge on any atom is -0.406 e. The van der Waals surface area contributed by atoms with Gasteiger partial charge >= 0.3 is 5.63 Å². The highest BCUT2D eigenvalue weighted by Gasteiger charge is 2.23. The molecule has 1 N–H and O–H groups in total. The summed E-state index contributed by atoms with van der Waals surface area (Å²) in [7, 11) is 0. The minimum atomic E-state index is -0.358. The third-order valence-corrected chi connectivity index (χ3v) is 5.57. The number of benzene rings is 3. The molecule has 0 unspecified atom stereocenters. The van der Waals surface area contributed by atoms with Crippen molar-refractivity contribution in [1.82, 2.24) is 10.3 Å². The van der Waals surface area contributed by atoms with E-state index in [0.717, 1.165) is 16.7 Å².